The van der Waals surface area contributed by atoms with E-state index in [9.17, 15) is 4.79 Å². The van der Waals surface area contributed by atoms with Crippen molar-refractivity contribution in [3.63, 3.8) is 0 Å². The van der Waals surface area contributed by atoms with Crippen LogP contribution in [-0.2, 0) is 11.2 Å². The fraction of sp³-hybridized carbons (Fsp3) is 0.167. The van der Waals surface area contributed by atoms with Crippen LogP contribution < -0.4 is 0 Å². The number of benzene rings is 1. The van der Waals surface area contributed by atoms with E-state index in [2.05, 4.69) is 4.98 Å². The van der Waals surface area contributed by atoms with Gasteiger partial charge in [0.25, 0.3) is 0 Å². The van der Waals surface area contributed by atoms with Crippen molar-refractivity contribution in [3.8, 4) is 11.5 Å². The van der Waals surface area contributed by atoms with Gasteiger partial charge in [0.2, 0.25) is 5.89 Å². The molecule has 0 aliphatic rings. The van der Waals surface area contributed by atoms with Crippen LogP contribution >= 0.6 is 11.6 Å². The molecule has 0 spiro atoms. The molecule has 0 bridgehead atoms. The van der Waals surface area contributed by atoms with Gasteiger partial charge >= 0.3 is 5.97 Å². The zero-order valence-electron chi connectivity index (χ0n) is 9.11. The summed E-state index contributed by atoms with van der Waals surface area (Å²) in [5.41, 5.74) is 1.23. The lowest BCUT2D eigenvalue weighted by Crippen LogP contribution is -1.99. The number of carboxylic acid groups (broad SMARTS) is 1. The highest BCUT2D eigenvalue weighted by atomic mass is 35.5. The Morgan fingerprint density at radius 2 is 2.18 bits per heavy atom. The van der Waals surface area contributed by atoms with Crippen molar-refractivity contribution in [2.75, 3.05) is 0 Å². The summed E-state index contributed by atoms with van der Waals surface area (Å²) in [6.07, 6.45) is -0.177. The van der Waals surface area contributed by atoms with Gasteiger partial charge < -0.3 is 9.52 Å². The van der Waals surface area contributed by atoms with E-state index in [-0.39, 0.29) is 6.42 Å². The van der Waals surface area contributed by atoms with Crippen LogP contribution in [0, 0.1) is 6.92 Å². The van der Waals surface area contributed by atoms with Crippen molar-refractivity contribution in [2.45, 2.75) is 13.3 Å². The molecule has 1 aromatic carbocycles. The average molecular weight is 252 g/mol. The van der Waals surface area contributed by atoms with Crippen molar-refractivity contribution in [1.82, 2.24) is 4.98 Å². The molecule has 2 rings (SSSR count). The Kier molecular flexibility index (Phi) is 3.15. The molecule has 17 heavy (non-hydrogen) atoms. The average Bonchev–Trinajstić information content (AvgIpc) is 2.60. The highest BCUT2D eigenvalue weighted by molar-refractivity contribution is 6.33. The predicted molar refractivity (Wildman–Crippen MR) is 63.0 cm³/mol. The molecule has 88 valence electrons. The van der Waals surface area contributed by atoms with Gasteiger partial charge in [-0.3, -0.25) is 4.79 Å². The number of rotatable bonds is 3. The number of halogens is 1. The number of aromatic nitrogens is 1. The van der Waals surface area contributed by atoms with Crippen LogP contribution in [0.15, 0.2) is 28.7 Å². The topological polar surface area (TPSA) is 63.3 Å². The fourth-order valence-corrected chi connectivity index (χ4v) is 1.70. The van der Waals surface area contributed by atoms with Gasteiger partial charge in [-0.05, 0) is 19.1 Å². The summed E-state index contributed by atoms with van der Waals surface area (Å²) in [6, 6.07) is 7.13. The van der Waals surface area contributed by atoms with Crippen LogP contribution in [0.3, 0.4) is 0 Å². The first-order chi connectivity index (χ1) is 8.08. The number of aliphatic carboxylic acids is 1. The number of hydrogen-bond acceptors (Lipinski definition) is 3. The molecule has 1 N–H and O–H groups in total. The van der Waals surface area contributed by atoms with Crippen LogP contribution in [0.5, 0.6) is 0 Å². The van der Waals surface area contributed by atoms with Gasteiger partial charge in [-0.15, -0.1) is 0 Å². The van der Waals surface area contributed by atoms with Gasteiger partial charge in [-0.1, -0.05) is 23.7 Å². The van der Waals surface area contributed by atoms with Crippen molar-refractivity contribution in [1.29, 1.82) is 0 Å². The Morgan fingerprint density at radius 1 is 1.47 bits per heavy atom. The number of oxazole rings is 1. The molecule has 1 aromatic heterocycles. The van der Waals surface area contributed by atoms with Gasteiger partial charge in [0.15, 0.2) is 0 Å². The van der Waals surface area contributed by atoms with Crippen LogP contribution in [0.4, 0.5) is 0 Å². The first-order valence-corrected chi connectivity index (χ1v) is 5.38. The second-order valence-electron chi connectivity index (χ2n) is 3.58. The van der Waals surface area contributed by atoms with Crippen molar-refractivity contribution < 1.29 is 14.3 Å². The summed E-state index contributed by atoms with van der Waals surface area (Å²) in [6.45, 7) is 1.71. The molecular weight excluding hydrogens is 242 g/mol. The van der Waals surface area contributed by atoms with Gasteiger partial charge in [0, 0.05) is 0 Å². The Balaban J connectivity index is 2.41. The molecule has 0 unspecified atom stereocenters. The second kappa shape index (κ2) is 4.59. The molecule has 4 nitrogen and oxygen atoms in total. The maximum atomic E-state index is 10.6. The fourth-order valence-electron chi connectivity index (χ4n) is 1.48. The normalized spacial score (nSPS) is 10.5. The summed E-state index contributed by atoms with van der Waals surface area (Å²) in [5, 5.41) is 9.24. The Morgan fingerprint density at radius 3 is 2.82 bits per heavy atom. The lowest BCUT2D eigenvalue weighted by Gasteiger charge is -1.97. The lowest BCUT2D eigenvalue weighted by molar-refractivity contribution is -0.136. The molecular formula is C12H10ClNO3. The summed E-state index contributed by atoms with van der Waals surface area (Å²) < 4.78 is 5.42. The van der Waals surface area contributed by atoms with Crippen molar-refractivity contribution in [2.24, 2.45) is 0 Å². The van der Waals surface area contributed by atoms with Crippen molar-refractivity contribution >= 4 is 17.6 Å². The number of aryl methyl sites for hydroxylation is 1. The van der Waals surface area contributed by atoms with E-state index >= 15 is 0 Å². The summed E-state index contributed by atoms with van der Waals surface area (Å²) in [5.74, 6) is -0.244. The van der Waals surface area contributed by atoms with E-state index in [0.29, 0.717) is 27.9 Å². The molecule has 0 fully saturated rings. The van der Waals surface area contributed by atoms with E-state index in [1.165, 1.54) is 0 Å². The van der Waals surface area contributed by atoms with E-state index in [1.807, 2.05) is 6.07 Å². The molecule has 0 aliphatic carbocycles. The summed E-state index contributed by atoms with van der Waals surface area (Å²) >= 11 is 6.01. The first-order valence-electron chi connectivity index (χ1n) is 5.01. The maximum absolute atomic E-state index is 10.6. The monoisotopic (exact) mass is 251 g/mol. The maximum Gasteiger partial charge on any atom is 0.311 e. The van der Waals surface area contributed by atoms with Crippen molar-refractivity contribution in [3.05, 3.63) is 40.7 Å². The van der Waals surface area contributed by atoms with Crippen LogP contribution in [0.1, 0.15) is 11.5 Å². The summed E-state index contributed by atoms with van der Waals surface area (Å²) in [7, 11) is 0. The molecule has 1 heterocycles. The zero-order chi connectivity index (χ0) is 12.4. The van der Waals surface area contributed by atoms with E-state index in [4.69, 9.17) is 21.1 Å². The largest absolute Gasteiger partial charge is 0.481 e. The minimum absolute atomic E-state index is 0.177. The molecule has 2 aromatic rings. The molecule has 0 radical (unpaired) electrons. The third-order valence-corrected chi connectivity index (χ3v) is 2.64. The van der Waals surface area contributed by atoms with Gasteiger partial charge in [-0.2, -0.15) is 0 Å². The Labute approximate surface area is 103 Å². The summed E-state index contributed by atoms with van der Waals surface area (Å²) in [4.78, 5) is 14.8. The molecule has 0 saturated carbocycles. The smallest absolute Gasteiger partial charge is 0.311 e. The molecule has 0 amide bonds. The highest BCUT2D eigenvalue weighted by Gasteiger charge is 2.15. The zero-order valence-corrected chi connectivity index (χ0v) is 9.86. The van der Waals surface area contributed by atoms with E-state index in [0.717, 1.165) is 0 Å². The Bertz CT molecular complexity index is 563. The minimum Gasteiger partial charge on any atom is -0.481 e. The van der Waals surface area contributed by atoms with Gasteiger partial charge in [0.1, 0.15) is 12.2 Å². The number of nitrogens with zero attached hydrogens (tertiary/aromatic N) is 1. The number of carbonyl (C=O) groups is 1. The molecule has 0 atom stereocenters. The van der Waals surface area contributed by atoms with Gasteiger partial charge in [-0.25, -0.2) is 4.98 Å². The second-order valence-corrected chi connectivity index (χ2v) is 3.99. The predicted octanol–water partition coefficient (Wildman–Crippen LogP) is 2.93. The van der Waals surface area contributed by atoms with E-state index < -0.39 is 5.97 Å². The molecule has 5 heteroatoms. The minimum atomic E-state index is -0.949. The Hall–Kier alpha value is -1.81. The van der Waals surface area contributed by atoms with E-state index in [1.54, 1.807) is 25.1 Å². The molecule has 0 aliphatic heterocycles. The molecule has 0 saturated heterocycles. The number of carboxylic acids is 1. The van der Waals surface area contributed by atoms with Crippen LogP contribution in [-0.4, -0.2) is 16.1 Å². The highest BCUT2D eigenvalue weighted by Crippen LogP contribution is 2.28. The quantitative estimate of drug-likeness (QED) is 0.911. The standard InChI is InChI=1S/C12H10ClNO3/c1-7-10(6-11(15)16)17-12(14-7)8-4-2-3-5-9(8)13/h2-5H,6H2,1H3,(H,15,16). The number of hydrogen-bond donors (Lipinski definition) is 1. The SMILES string of the molecule is Cc1nc(-c2ccccc2Cl)oc1CC(=O)O. The third-order valence-electron chi connectivity index (χ3n) is 2.31. The van der Waals surface area contributed by atoms with Crippen LogP contribution in [0.2, 0.25) is 5.02 Å². The lowest BCUT2D eigenvalue weighted by atomic mass is 10.2. The van der Waals surface area contributed by atoms with Crippen LogP contribution in [0.25, 0.3) is 11.5 Å². The first kappa shape index (κ1) is 11.7. The van der Waals surface area contributed by atoms with Gasteiger partial charge in [0.05, 0.1) is 16.3 Å². The third kappa shape index (κ3) is 2.47.